The second-order valence-electron chi connectivity index (χ2n) is 6.90. The van der Waals surface area contributed by atoms with Gasteiger partial charge in [-0.15, -0.1) is 0 Å². The van der Waals surface area contributed by atoms with Gasteiger partial charge in [0.25, 0.3) is 0 Å². The number of hydrogen-bond acceptors (Lipinski definition) is 6. The first-order chi connectivity index (χ1) is 14.6. The van der Waals surface area contributed by atoms with E-state index in [1.54, 1.807) is 6.08 Å². The fourth-order valence-corrected chi connectivity index (χ4v) is 3.84. The number of aromatic nitrogens is 2. The van der Waals surface area contributed by atoms with Gasteiger partial charge in [0.05, 0.1) is 11.7 Å². The minimum Gasteiger partial charge on any atom is -0.355 e. The summed E-state index contributed by atoms with van der Waals surface area (Å²) < 4.78 is 8.82. The standard InChI is InChI=1S/C24H17N5S/c1-15-4-3-5-22(16(15)2)27-20-9-6-18(7-10-20)21-11-8-19(12-17(13-25)14-26)23-24(21)29-30-28-23/h3-12,27H,1-2H3. The maximum absolute atomic E-state index is 9.03. The molecule has 0 saturated carbocycles. The van der Waals surface area contributed by atoms with Crippen molar-refractivity contribution in [3.05, 3.63) is 76.9 Å². The van der Waals surface area contributed by atoms with Crippen molar-refractivity contribution in [1.29, 1.82) is 10.5 Å². The van der Waals surface area contributed by atoms with E-state index in [2.05, 4.69) is 40.0 Å². The number of fused-ring (bicyclic) bond motifs is 1. The van der Waals surface area contributed by atoms with Crippen molar-refractivity contribution in [3.63, 3.8) is 0 Å². The van der Waals surface area contributed by atoms with E-state index in [0.29, 0.717) is 11.1 Å². The molecule has 4 rings (SSSR count). The summed E-state index contributed by atoms with van der Waals surface area (Å²) >= 11 is 1.12. The average molecular weight is 408 g/mol. The van der Waals surface area contributed by atoms with Crippen LogP contribution in [0.1, 0.15) is 16.7 Å². The molecule has 1 N–H and O–H groups in total. The predicted octanol–water partition coefficient (Wildman–Crippen LogP) is 6.15. The second kappa shape index (κ2) is 8.16. The number of allylic oxidation sites excluding steroid dienone is 1. The molecule has 5 nitrogen and oxygen atoms in total. The number of benzene rings is 3. The molecule has 0 unspecified atom stereocenters. The van der Waals surface area contributed by atoms with Gasteiger partial charge in [0, 0.05) is 22.5 Å². The molecule has 0 spiro atoms. The Morgan fingerprint density at radius 1 is 0.933 bits per heavy atom. The van der Waals surface area contributed by atoms with Crippen LogP contribution in [0.25, 0.3) is 28.2 Å². The van der Waals surface area contributed by atoms with Gasteiger partial charge in [-0.2, -0.15) is 19.3 Å². The molecule has 6 heteroatoms. The Morgan fingerprint density at radius 2 is 1.67 bits per heavy atom. The summed E-state index contributed by atoms with van der Waals surface area (Å²) in [6.07, 6.45) is 1.55. The Hall–Kier alpha value is -4.00. The number of nitriles is 2. The molecule has 0 saturated heterocycles. The van der Waals surface area contributed by atoms with Crippen LogP contribution in [0.15, 0.2) is 60.2 Å². The van der Waals surface area contributed by atoms with Gasteiger partial charge in [-0.1, -0.05) is 36.4 Å². The van der Waals surface area contributed by atoms with Crippen molar-refractivity contribution in [1.82, 2.24) is 8.75 Å². The lowest BCUT2D eigenvalue weighted by Crippen LogP contribution is -1.94. The number of anilines is 2. The molecule has 0 aliphatic carbocycles. The van der Waals surface area contributed by atoms with E-state index in [4.69, 9.17) is 10.5 Å². The predicted molar refractivity (Wildman–Crippen MR) is 121 cm³/mol. The third-order valence-electron chi connectivity index (χ3n) is 5.07. The highest BCUT2D eigenvalue weighted by Gasteiger charge is 2.12. The SMILES string of the molecule is Cc1cccc(Nc2ccc(-c3ccc(C=C(C#N)C#N)c4nsnc34)cc2)c1C. The Bertz CT molecular complexity index is 1340. The number of hydrogen-bond donors (Lipinski definition) is 1. The molecular formula is C24H17N5S. The smallest absolute Gasteiger partial charge is 0.130 e. The summed E-state index contributed by atoms with van der Waals surface area (Å²) in [5.74, 6) is 0. The van der Waals surface area contributed by atoms with E-state index in [1.165, 1.54) is 11.1 Å². The van der Waals surface area contributed by atoms with Gasteiger partial charge in [0.1, 0.15) is 28.7 Å². The molecule has 4 aromatic rings. The summed E-state index contributed by atoms with van der Waals surface area (Å²) in [5, 5.41) is 21.5. The zero-order chi connectivity index (χ0) is 21.1. The van der Waals surface area contributed by atoms with E-state index < -0.39 is 0 Å². The maximum atomic E-state index is 9.03. The van der Waals surface area contributed by atoms with E-state index >= 15 is 0 Å². The van der Waals surface area contributed by atoms with Gasteiger partial charge in [-0.05, 0) is 54.8 Å². The van der Waals surface area contributed by atoms with Crippen LogP contribution in [-0.4, -0.2) is 8.75 Å². The monoisotopic (exact) mass is 407 g/mol. The molecule has 0 atom stereocenters. The molecular weight excluding hydrogens is 390 g/mol. The van der Waals surface area contributed by atoms with Crippen LogP contribution in [0, 0.1) is 36.5 Å². The minimum absolute atomic E-state index is 0.0407. The molecule has 30 heavy (non-hydrogen) atoms. The molecule has 0 amide bonds. The van der Waals surface area contributed by atoms with Crippen LogP contribution in [-0.2, 0) is 0 Å². The highest BCUT2D eigenvalue weighted by molar-refractivity contribution is 7.00. The average Bonchev–Trinajstić information content (AvgIpc) is 3.26. The van der Waals surface area contributed by atoms with Gasteiger partial charge in [-0.25, -0.2) is 0 Å². The molecule has 0 fully saturated rings. The van der Waals surface area contributed by atoms with Crippen molar-refractivity contribution < 1.29 is 0 Å². The quantitative estimate of drug-likeness (QED) is 0.410. The highest BCUT2D eigenvalue weighted by atomic mass is 32.1. The van der Waals surface area contributed by atoms with Gasteiger partial charge in [-0.3, -0.25) is 0 Å². The number of nitrogens with zero attached hydrogens (tertiary/aromatic N) is 4. The fourth-order valence-electron chi connectivity index (χ4n) is 3.26. The third kappa shape index (κ3) is 3.65. The van der Waals surface area contributed by atoms with Crippen molar-refractivity contribution in [2.24, 2.45) is 0 Å². The van der Waals surface area contributed by atoms with Crippen LogP contribution in [0.2, 0.25) is 0 Å². The van der Waals surface area contributed by atoms with Crippen molar-refractivity contribution in [2.75, 3.05) is 5.32 Å². The Labute approximate surface area is 178 Å². The van der Waals surface area contributed by atoms with Crippen LogP contribution < -0.4 is 5.32 Å². The normalized spacial score (nSPS) is 10.3. The lowest BCUT2D eigenvalue weighted by Gasteiger charge is -2.12. The summed E-state index contributed by atoms with van der Waals surface area (Å²) in [4.78, 5) is 0. The van der Waals surface area contributed by atoms with Gasteiger partial charge < -0.3 is 5.32 Å². The summed E-state index contributed by atoms with van der Waals surface area (Å²) in [6, 6.07) is 22.0. The van der Waals surface area contributed by atoms with Crippen LogP contribution in [0.3, 0.4) is 0 Å². The van der Waals surface area contributed by atoms with E-state index in [0.717, 1.165) is 39.7 Å². The highest BCUT2D eigenvalue weighted by Crippen LogP contribution is 2.32. The Balaban J connectivity index is 1.68. The minimum atomic E-state index is 0.0407. The molecule has 0 bridgehead atoms. The second-order valence-corrected chi connectivity index (χ2v) is 7.42. The molecule has 1 heterocycles. The summed E-state index contributed by atoms with van der Waals surface area (Å²) in [5.41, 5.74) is 8.78. The van der Waals surface area contributed by atoms with Gasteiger partial charge >= 0.3 is 0 Å². The summed E-state index contributed by atoms with van der Waals surface area (Å²) in [6.45, 7) is 4.21. The third-order valence-corrected chi connectivity index (χ3v) is 5.60. The number of nitrogens with one attached hydrogen (secondary N) is 1. The Kier molecular flexibility index (Phi) is 5.26. The zero-order valence-electron chi connectivity index (χ0n) is 16.5. The van der Waals surface area contributed by atoms with Crippen molar-refractivity contribution >= 4 is 40.2 Å². The van der Waals surface area contributed by atoms with Crippen molar-refractivity contribution in [2.45, 2.75) is 13.8 Å². The number of rotatable bonds is 4. The first kappa shape index (κ1) is 19.3. The van der Waals surface area contributed by atoms with Gasteiger partial charge in [0.2, 0.25) is 0 Å². The topological polar surface area (TPSA) is 85.4 Å². The van der Waals surface area contributed by atoms with Crippen LogP contribution >= 0.6 is 11.7 Å². The van der Waals surface area contributed by atoms with E-state index in [-0.39, 0.29) is 5.57 Å². The lowest BCUT2D eigenvalue weighted by atomic mass is 10.00. The Morgan fingerprint density at radius 3 is 2.40 bits per heavy atom. The molecule has 0 aliphatic rings. The molecule has 0 aliphatic heterocycles. The molecule has 144 valence electrons. The van der Waals surface area contributed by atoms with E-state index in [9.17, 15) is 0 Å². The first-order valence-corrected chi connectivity index (χ1v) is 10.0. The number of aryl methyl sites for hydroxylation is 1. The largest absolute Gasteiger partial charge is 0.355 e. The first-order valence-electron chi connectivity index (χ1n) is 9.31. The van der Waals surface area contributed by atoms with Gasteiger partial charge in [0.15, 0.2) is 0 Å². The molecule has 1 aromatic heterocycles. The molecule has 3 aromatic carbocycles. The maximum Gasteiger partial charge on any atom is 0.130 e. The lowest BCUT2D eigenvalue weighted by molar-refractivity contribution is 1.33. The summed E-state index contributed by atoms with van der Waals surface area (Å²) in [7, 11) is 0. The fraction of sp³-hybridized carbons (Fsp3) is 0.0833. The zero-order valence-corrected chi connectivity index (χ0v) is 17.3. The van der Waals surface area contributed by atoms with E-state index in [1.807, 2.05) is 54.6 Å². The van der Waals surface area contributed by atoms with Crippen LogP contribution in [0.5, 0.6) is 0 Å². The van der Waals surface area contributed by atoms with Crippen LogP contribution in [0.4, 0.5) is 11.4 Å². The van der Waals surface area contributed by atoms with Crippen molar-refractivity contribution in [3.8, 4) is 23.3 Å². The molecule has 0 radical (unpaired) electrons.